The summed E-state index contributed by atoms with van der Waals surface area (Å²) in [6.07, 6.45) is 3.38. The second-order valence-corrected chi connectivity index (χ2v) is 6.27. The van der Waals surface area contributed by atoms with Crippen molar-refractivity contribution in [2.75, 3.05) is 25.6 Å². The van der Waals surface area contributed by atoms with E-state index in [1.54, 1.807) is 28.7 Å². The third-order valence-electron chi connectivity index (χ3n) is 4.13. The number of methoxy groups -OCH3 is 1. The molecule has 1 amide bonds. The number of benzene rings is 1. The van der Waals surface area contributed by atoms with Crippen LogP contribution in [0, 0.1) is 0 Å². The van der Waals surface area contributed by atoms with Gasteiger partial charge in [-0.05, 0) is 12.1 Å². The summed E-state index contributed by atoms with van der Waals surface area (Å²) in [4.78, 5) is 11.9. The van der Waals surface area contributed by atoms with Gasteiger partial charge in [-0.25, -0.2) is 0 Å². The van der Waals surface area contributed by atoms with Crippen LogP contribution >= 0.6 is 0 Å². The van der Waals surface area contributed by atoms with Crippen LogP contribution in [-0.4, -0.2) is 55.8 Å². The van der Waals surface area contributed by atoms with Crippen LogP contribution in [0.25, 0.3) is 17.0 Å². The van der Waals surface area contributed by atoms with Crippen molar-refractivity contribution in [3.8, 4) is 11.4 Å². The summed E-state index contributed by atoms with van der Waals surface area (Å²) in [6.45, 7) is 1.07. The van der Waals surface area contributed by atoms with Gasteiger partial charge in [-0.2, -0.15) is 9.61 Å². The zero-order chi connectivity index (χ0) is 20.1. The molecule has 1 aromatic carbocycles. The Morgan fingerprint density at radius 1 is 1.14 bits per heavy atom. The van der Waals surface area contributed by atoms with Crippen LogP contribution in [0.4, 0.5) is 11.5 Å². The molecule has 0 spiro atoms. The molecule has 0 radical (unpaired) electrons. The van der Waals surface area contributed by atoms with Gasteiger partial charge in [0.05, 0.1) is 18.5 Å². The van der Waals surface area contributed by atoms with E-state index >= 15 is 0 Å². The molecule has 3 aromatic heterocycles. The Bertz CT molecular complexity index is 1110. The van der Waals surface area contributed by atoms with Gasteiger partial charge in [0.1, 0.15) is 6.54 Å². The summed E-state index contributed by atoms with van der Waals surface area (Å²) in [7, 11) is 1.59. The van der Waals surface area contributed by atoms with Crippen molar-refractivity contribution < 1.29 is 9.53 Å². The molecule has 10 nitrogen and oxygen atoms in total. The van der Waals surface area contributed by atoms with E-state index in [0.717, 1.165) is 11.3 Å². The van der Waals surface area contributed by atoms with Crippen molar-refractivity contribution in [3.05, 3.63) is 54.9 Å². The maximum Gasteiger partial charge on any atom is 0.241 e. The molecule has 10 heteroatoms. The van der Waals surface area contributed by atoms with E-state index in [-0.39, 0.29) is 12.5 Å². The van der Waals surface area contributed by atoms with Gasteiger partial charge in [-0.1, -0.05) is 30.3 Å². The lowest BCUT2D eigenvalue weighted by atomic mass is 10.2. The molecule has 0 aliphatic heterocycles. The third kappa shape index (κ3) is 4.38. The highest BCUT2D eigenvalue weighted by atomic mass is 16.5. The zero-order valence-electron chi connectivity index (χ0n) is 15.8. The molecule has 0 bridgehead atoms. The van der Waals surface area contributed by atoms with Gasteiger partial charge >= 0.3 is 0 Å². The van der Waals surface area contributed by atoms with E-state index < -0.39 is 0 Å². The first-order valence-corrected chi connectivity index (χ1v) is 9.06. The van der Waals surface area contributed by atoms with Crippen molar-refractivity contribution in [1.82, 2.24) is 34.9 Å². The number of hydrogen-bond donors (Lipinski definition) is 2. The van der Waals surface area contributed by atoms with Crippen molar-refractivity contribution in [2.45, 2.75) is 6.54 Å². The van der Waals surface area contributed by atoms with Gasteiger partial charge in [0, 0.05) is 25.4 Å². The van der Waals surface area contributed by atoms with E-state index in [4.69, 9.17) is 4.74 Å². The fourth-order valence-electron chi connectivity index (χ4n) is 2.78. The minimum absolute atomic E-state index is 0.126. The number of aromatic nitrogens is 6. The first-order chi connectivity index (χ1) is 14.2. The van der Waals surface area contributed by atoms with Crippen molar-refractivity contribution in [2.24, 2.45) is 0 Å². The molecule has 4 rings (SSSR count). The minimum atomic E-state index is -0.131. The van der Waals surface area contributed by atoms with Crippen LogP contribution < -0.4 is 10.6 Å². The molecule has 29 heavy (non-hydrogen) atoms. The lowest BCUT2D eigenvalue weighted by Crippen LogP contribution is -2.30. The standard InChI is InChI=1S/C19H20N8O2/c1-29-10-9-20-18(28)13-26-12-15(11-21-26)22-16-7-8-17-23-24-19(27(17)25-16)14-5-3-2-4-6-14/h2-8,11-12H,9-10,13H2,1H3,(H,20,28)(H,22,25). The first kappa shape index (κ1) is 18.6. The highest BCUT2D eigenvalue weighted by molar-refractivity contribution is 5.75. The van der Waals surface area contributed by atoms with Gasteiger partial charge in [0.25, 0.3) is 0 Å². The monoisotopic (exact) mass is 392 g/mol. The number of fused-ring (bicyclic) bond motifs is 1. The molecule has 0 unspecified atom stereocenters. The van der Waals surface area contributed by atoms with Gasteiger partial charge in [-0.3, -0.25) is 9.48 Å². The minimum Gasteiger partial charge on any atom is -0.383 e. The highest BCUT2D eigenvalue weighted by Crippen LogP contribution is 2.19. The Morgan fingerprint density at radius 3 is 2.83 bits per heavy atom. The smallest absolute Gasteiger partial charge is 0.241 e. The summed E-state index contributed by atoms with van der Waals surface area (Å²) in [6, 6.07) is 13.4. The number of carbonyl (C=O) groups is 1. The number of anilines is 2. The molecule has 0 atom stereocenters. The fourth-order valence-corrected chi connectivity index (χ4v) is 2.78. The summed E-state index contributed by atoms with van der Waals surface area (Å²) in [5.41, 5.74) is 2.30. The largest absolute Gasteiger partial charge is 0.383 e. The Balaban J connectivity index is 1.47. The number of nitrogens with zero attached hydrogens (tertiary/aromatic N) is 6. The van der Waals surface area contributed by atoms with Crippen LogP contribution in [0.3, 0.4) is 0 Å². The number of hydrogen-bond acceptors (Lipinski definition) is 7. The van der Waals surface area contributed by atoms with E-state index in [0.29, 0.717) is 30.4 Å². The molecule has 4 aromatic rings. The summed E-state index contributed by atoms with van der Waals surface area (Å²) >= 11 is 0. The number of ether oxygens (including phenoxy) is 1. The summed E-state index contributed by atoms with van der Waals surface area (Å²) < 4.78 is 8.15. The van der Waals surface area contributed by atoms with Gasteiger partial charge in [0.15, 0.2) is 17.3 Å². The Labute approximate surface area is 166 Å². The van der Waals surface area contributed by atoms with Crippen molar-refractivity contribution in [1.29, 1.82) is 0 Å². The molecule has 148 valence electrons. The lowest BCUT2D eigenvalue weighted by molar-refractivity contribution is -0.122. The summed E-state index contributed by atoms with van der Waals surface area (Å²) in [5.74, 6) is 1.14. The fraction of sp³-hybridized carbons (Fsp3) is 0.211. The molecule has 0 saturated carbocycles. The zero-order valence-corrected chi connectivity index (χ0v) is 15.8. The number of amides is 1. The molecule has 3 heterocycles. The van der Waals surface area contributed by atoms with E-state index in [1.807, 2.05) is 42.5 Å². The second-order valence-electron chi connectivity index (χ2n) is 6.27. The topological polar surface area (TPSA) is 111 Å². The third-order valence-corrected chi connectivity index (χ3v) is 4.13. The summed E-state index contributed by atoms with van der Waals surface area (Å²) in [5, 5.41) is 23.1. The number of nitrogens with one attached hydrogen (secondary N) is 2. The van der Waals surface area contributed by atoms with Crippen LogP contribution in [0.5, 0.6) is 0 Å². The maximum absolute atomic E-state index is 11.9. The Kier molecular flexibility index (Phi) is 5.43. The predicted molar refractivity (Wildman–Crippen MR) is 107 cm³/mol. The molecule has 0 aliphatic carbocycles. The van der Waals surface area contributed by atoms with E-state index in [9.17, 15) is 4.79 Å². The Morgan fingerprint density at radius 2 is 2.00 bits per heavy atom. The second kappa shape index (κ2) is 8.48. The average Bonchev–Trinajstić information content (AvgIpc) is 3.35. The highest BCUT2D eigenvalue weighted by Gasteiger charge is 2.10. The molecule has 0 fully saturated rings. The predicted octanol–water partition coefficient (Wildman–Crippen LogP) is 1.49. The first-order valence-electron chi connectivity index (χ1n) is 9.06. The van der Waals surface area contributed by atoms with Gasteiger partial charge in [0.2, 0.25) is 5.91 Å². The molecular weight excluding hydrogens is 372 g/mol. The van der Waals surface area contributed by atoms with E-state index in [1.165, 1.54) is 0 Å². The van der Waals surface area contributed by atoms with Crippen LogP contribution in [0.15, 0.2) is 54.9 Å². The quantitative estimate of drug-likeness (QED) is 0.437. The van der Waals surface area contributed by atoms with Crippen LogP contribution in [-0.2, 0) is 16.1 Å². The van der Waals surface area contributed by atoms with Crippen molar-refractivity contribution >= 4 is 23.1 Å². The SMILES string of the molecule is COCCNC(=O)Cn1cc(Nc2ccc3nnc(-c4ccccc4)n3n2)cn1. The number of carbonyl (C=O) groups excluding carboxylic acids is 1. The van der Waals surface area contributed by atoms with Crippen molar-refractivity contribution in [3.63, 3.8) is 0 Å². The molecule has 2 N–H and O–H groups in total. The van der Waals surface area contributed by atoms with Crippen LogP contribution in [0.2, 0.25) is 0 Å². The van der Waals surface area contributed by atoms with E-state index in [2.05, 4.69) is 31.0 Å². The normalized spacial score (nSPS) is 10.9. The molecule has 0 saturated heterocycles. The average molecular weight is 392 g/mol. The lowest BCUT2D eigenvalue weighted by Gasteiger charge is -2.05. The van der Waals surface area contributed by atoms with Crippen LogP contribution in [0.1, 0.15) is 0 Å². The number of rotatable bonds is 8. The maximum atomic E-state index is 11.9. The Hall–Kier alpha value is -3.79. The molecular formula is C19H20N8O2. The van der Waals surface area contributed by atoms with Gasteiger partial charge in [-0.15, -0.1) is 15.3 Å². The molecule has 0 aliphatic rings. The van der Waals surface area contributed by atoms with Gasteiger partial charge < -0.3 is 15.4 Å².